The van der Waals surface area contributed by atoms with E-state index in [9.17, 15) is 8.78 Å². The van der Waals surface area contributed by atoms with Crippen LogP contribution in [0, 0.1) is 11.7 Å². The summed E-state index contributed by atoms with van der Waals surface area (Å²) in [5, 5.41) is 2.49. The molecule has 178 valence electrons. The molecule has 0 spiro atoms. The highest BCUT2D eigenvalue weighted by Crippen LogP contribution is 2.46. The smallest absolute Gasteiger partial charge is 0.124 e. The van der Waals surface area contributed by atoms with Crippen molar-refractivity contribution >= 4 is 34.9 Å². The molecular weight excluding hydrogens is 472 g/mol. The molecule has 7 heteroatoms. The van der Waals surface area contributed by atoms with Crippen LogP contribution in [0.1, 0.15) is 44.7 Å². The molecule has 3 unspecified atom stereocenters. The van der Waals surface area contributed by atoms with Crippen LogP contribution < -0.4 is 0 Å². The van der Waals surface area contributed by atoms with Crippen LogP contribution in [0.25, 0.3) is 0 Å². The van der Waals surface area contributed by atoms with E-state index in [-0.39, 0.29) is 11.1 Å². The van der Waals surface area contributed by atoms with E-state index in [1.807, 2.05) is 12.2 Å². The zero-order chi connectivity index (χ0) is 24.0. The number of hydrogen-bond acceptors (Lipinski definition) is 4. The number of aliphatic imine (C=N–C) groups is 2. The monoisotopic (exact) mass is 499 g/mol. The van der Waals surface area contributed by atoms with Crippen molar-refractivity contribution in [3.8, 4) is 0 Å². The molecule has 4 aliphatic heterocycles. The van der Waals surface area contributed by atoms with Gasteiger partial charge < -0.3 is 4.90 Å². The molecule has 0 saturated carbocycles. The first-order valence-corrected chi connectivity index (χ1v) is 13.1. The van der Waals surface area contributed by atoms with Crippen molar-refractivity contribution in [2.24, 2.45) is 15.9 Å². The summed E-state index contributed by atoms with van der Waals surface area (Å²) in [7, 11) is 0. The van der Waals surface area contributed by atoms with Gasteiger partial charge in [0.05, 0.1) is 17.0 Å². The average Bonchev–Trinajstić information content (AvgIpc) is 3.46. The third kappa shape index (κ3) is 4.20. The lowest BCUT2D eigenvalue weighted by Crippen LogP contribution is -2.41. The molecule has 0 amide bonds. The summed E-state index contributed by atoms with van der Waals surface area (Å²) in [6.45, 7) is 8.94. The van der Waals surface area contributed by atoms with Gasteiger partial charge in [0, 0.05) is 28.4 Å². The van der Waals surface area contributed by atoms with E-state index in [1.54, 1.807) is 17.8 Å². The summed E-state index contributed by atoms with van der Waals surface area (Å²) in [4.78, 5) is 12.3. The number of benzene rings is 1. The summed E-state index contributed by atoms with van der Waals surface area (Å²) in [5.74, 6) is 1.07. The highest BCUT2D eigenvalue weighted by Gasteiger charge is 2.42. The van der Waals surface area contributed by atoms with Gasteiger partial charge >= 0.3 is 0 Å². The van der Waals surface area contributed by atoms with Crippen molar-refractivity contribution in [1.82, 2.24) is 4.90 Å². The van der Waals surface area contributed by atoms with Gasteiger partial charge in [0.25, 0.3) is 0 Å². The van der Waals surface area contributed by atoms with E-state index in [4.69, 9.17) is 21.6 Å². The Kier molecular flexibility index (Phi) is 6.56. The minimum Gasteiger partial charge on any atom is -0.332 e. The number of amidine groups is 1. The van der Waals surface area contributed by atoms with Gasteiger partial charge in [-0.2, -0.15) is 0 Å². The number of rotatable bonds is 5. The Bertz CT molecular complexity index is 1170. The van der Waals surface area contributed by atoms with Crippen molar-refractivity contribution in [2.45, 2.75) is 56.6 Å². The van der Waals surface area contributed by atoms with Crippen LogP contribution in [-0.2, 0) is 0 Å². The van der Waals surface area contributed by atoms with Gasteiger partial charge in [0.1, 0.15) is 23.9 Å². The first kappa shape index (κ1) is 23.6. The summed E-state index contributed by atoms with van der Waals surface area (Å²) in [6.07, 6.45) is 7.53. The second kappa shape index (κ2) is 9.46. The fraction of sp³-hybridized carbons (Fsp3) is 0.407. The van der Waals surface area contributed by atoms with Gasteiger partial charge in [-0.05, 0) is 49.3 Å². The number of allylic oxidation sites excluding steroid dienone is 3. The molecule has 0 aliphatic carbocycles. The third-order valence-electron chi connectivity index (χ3n) is 6.99. The molecule has 5 rings (SSSR count). The Morgan fingerprint density at radius 2 is 2.15 bits per heavy atom. The lowest BCUT2D eigenvalue weighted by atomic mass is 9.90. The zero-order valence-electron chi connectivity index (χ0n) is 19.3. The molecule has 0 aromatic heterocycles. The second-order valence-electron chi connectivity index (χ2n) is 9.30. The normalized spacial score (nSPS) is 29.4. The Hall–Kier alpha value is -2.18. The molecule has 1 aromatic carbocycles. The topological polar surface area (TPSA) is 28.0 Å². The molecular formula is C27H28ClF2N3S. The predicted molar refractivity (Wildman–Crippen MR) is 139 cm³/mol. The molecule has 5 atom stereocenters. The maximum atomic E-state index is 14.1. The molecule has 0 radical (unpaired) electrons. The van der Waals surface area contributed by atoms with E-state index >= 15 is 0 Å². The van der Waals surface area contributed by atoms with Crippen molar-refractivity contribution in [3.63, 3.8) is 0 Å². The predicted octanol–water partition coefficient (Wildman–Crippen LogP) is 7.23. The van der Waals surface area contributed by atoms with Gasteiger partial charge in [-0.25, -0.2) is 8.78 Å². The van der Waals surface area contributed by atoms with E-state index in [1.165, 1.54) is 24.8 Å². The van der Waals surface area contributed by atoms with Gasteiger partial charge in [-0.3, -0.25) is 9.98 Å². The van der Waals surface area contributed by atoms with Crippen LogP contribution in [-0.4, -0.2) is 40.5 Å². The van der Waals surface area contributed by atoms with E-state index < -0.39 is 18.3 Å². The standard InChI is InChI=1S/C27H28ClF2N3S/c1-4-17-12-23-24(22-10-9-21(31-22)16(3)29)25(19-8-7-18(30)13-20(19)28)32-27(33(23)14-17)26-15(2)6-5-11-34-26/h5,7-11,13,16-17,21,25-26H,2,4,6,12,14H2,1,3H3/t16?,17-,21?,25-,26?/m0/s1. The van der Waals surface area contributed by atoms with E-state index in [0.717, 1.165) is 54.1 Å². The van der Waals surface area contributed by atoms with Crippen molar-refractivity contribution < 1.29 is 8.78 Å². The fourth-order valence-electron chi connectivity index (χ4n) is 5.08. The highest BCUT2D eigenvalue weighted by atomic mass is 35.5. The Labute approximate surface area is 209 Å². The first-order valence-electron chi connectivity index (χ1n) is 11.8. The Morgan fingerprint density at radius 1 is 1.32 bits per heavy atom. The number of alkyl halides is 1. The van der Waals surface area contributed by atoms with Gasteiger partial charge in [-0.1, -0.05) is 55.3 Å². The van der Waals surface area contributed by atoms with Crippen LogP contribution in [0.2, 0.25) is 5.02 Å². The van der Waals surface area contributed by atoms with Crippen LogP contribution in [0.15, 0.2) is 75.2 Å². The fourth-order valence-corrected chi connectivity index (χ4v) is 6.31. The van der Waals surface area contributed by atoms with E-state index in [0.29, 0.717) is 10.9 Å². The number of nitrogens with zero attached hydrogens (tertiary/aromatic N) is 3. The second-order valence-corrected chi connectivity index (χ2v) is 10.7. The Morgan fingerprint density at radius 3 is 2.82 bits per heavy atom. The zero-order valence-corrected chi connectivity index (χ0v) is 20.9. The van der Waals surface area contributed by atoms with Crippen molar-refractivity contribution in [2.75, 3.05) is 6.54 Å². The van der Waals surface area contributed by atoms with Gasteiger partial charge in [0.2, 0.25) is 0 Å². The number of hydrogen-bond donors (Lipinski definition) is 0. The quantitative estimate of drug-likeness (QED) is 0.400. The molecule has 3 nitrogen and oxygen atoms in total. The van der Waals surface area contributed by atoms with Crippen molar-refractivity contribution in [1.29, 1.82) is 0 Å². The first-order chi connectivity index (χ1) is 16.4. The summed E-state index contributed by atoms with van der Waals surface area (Å²) >= 11 is 8.29. The minimum absolute atomic E-state index is 0.0403. The summed E-state index contributed by atoms with van der Waals surface area (Å²) in [5.41, 5.74) is 4.71. The molecule has 1 aromatic rings. The largest absolute Gasteiger partial charge is 0.332 e. The van der Waals surface area contributed by atoms with Crippen LogP contribution in [0.3, 0.4) is 0 Å². The molecule has 4 heterocycles. The molecule has 0 N–H and O–H groups in total. The van der Waals surface area contributed by atoms with Crippen LogP contribution in [0.4, 0.5) is 8.78 Å². The average molecular weight is 500 g/mol. The highest BCUT2D eigenvalue weighted by molar-refractivity contribution is 8.03. The third-order valence-corrected chi connectivity index (χ3v) is 8.48. The number of halogens is 3. The lowest BCUT2D eigenvalue weighted by molar-refractivity contribution is 0.337. The maximum Gasteiger partial charge on any atom is 0.124 e. The lowest BCUT2D eigenvalue weighted by Gasteiger charge is -2.37. The maximum absolute atomic E-state index is 14.1. The number of fused-ring (bicyclic) bond motifs is 1. The van der Waals surface area contributed by atoms with Crippen LogP contribution in [0.5, 0.6) is 0 Å². The van der Waals surface area contributed by atoms with Gasteiger partial charge in [0.15, 0.2) is 0 Å². The van der Waals surface area contributed by atoms with Gasteiger partial charge in [-0.15, -0.1) is 11.8 Å². The van der Waals surface area contributed by atoms with Crippen LogP contribution >= 0.6 is 23.4 Å². The SMILES string of the molecule is C=C1CC=CSC1C1=N[C@@H](c2ccc(F)cc2Cl)C(C2=NC(C(C)F)C=C2)=C2C[C@H](CC)CN12. The number of thioether (sulfide) groups is 1. The molecule has 0 bridgehead atoms. The summed E-state index contributed by atoms with van der Waals surface area (Å²) < 4.78 is 28.1. The Balaban J connectivity index is 1.69. The molecule has 1 fully saturated rings. The minimum atomic E-state index is -1.08. The molecule has 4 aliphatic rings. The van der Waals surface area contributed by atoms with Crippen molar-refractivity contribution in [3.05, 3.63) is 81.7 Å². The molecule has 34 heavy (non-hydrogen) atoms. The van der Waals surface area contributed by atoms with E-state index in [2.05, 4.69) is 29.9 Å². The summed E-state index contributed by atoms with van der Waals surface area (Å²) in [6, 6.07) is 3.52. The molecule has 1 saturated heterocycles.